The Bertz CT molecular complexity index is 551. The Morgan fingerprint density at radius 2 is 1.86 bits per heavy atom. The van der Waals surface area contributed by atoms with Crippen LogP contribution in [-0.2, 0) is 26.9 Å². The molecule has 1 heterocycles. The highest BCUT2D eigenvalue weighted by atomic mass is 32.2. The van der Waals surface area contributed by atoms with E-state index in [-0.39, 0.29) is 32.5 Å². The van der Waals surface area contributed by atoms with Crippen LogP contribution >= 0.6 is 0 Å². The average Bonchev–Trinajstić information content (AvgIpc) is 2.53. The minimum Gasteiger partial charge on any atom is -0.480 e. The molecule has 120 valence electrons. The normalized spacial score (nSPS) is 18.5. The molecule has 6 nitrogen and oxygen atoms in total. The van der Waals surface area contributed by atoms with Gasteiger partial charge in [0, 0.05) is 30.1 Å². The van der Waals surface area contributed by atoms with E-state index in [0.717, 1.165) is 5.56 Å². The molecule has 0 spiro atoms. The molecule has 1 atom stereocenters. The van der Waals surface area contributed by atoms with Gasteiger partial charge in [-0.25, -0.2) is 4.79 Å². The zero-order chi connectivity index (χ0) is 16.2. The molecule has 1 unspecified atom stereocenters. The number of amides is 1. The Kier molecular flexibility index (Phi) is 5.18. The highest BCUT2D eigenvalue weighted by Gasteiger charge is 2.46. The number of carbonyl (C=O) groups excluding carboxylic acids is 1. The van der Waals surface area contributed by atoms with E-state index < -0.39 is 27.6 Å². The summed E-state index contributed by atoms with van der Waals surface area (Å²) in [5.41, 5.74) is 0.891. The maximum Gasteiger partial charge on any atom is 0.410 e. The van der Waals surface area contributed by atoms with Crippen LogP contribution in [0.2, 0.25) is 0 Å². The average molecular weight is 325 g/mol. The fraction of sp³-hybridized carbons (Fsp3) is 0.467. The second-order valence-electron chi connectivity index (χ2n) is 5.28. The lowest BCUT2D eigenvalue weighted by Gasteiger charge is -2.36. The van der Waals surface area contributed by atoms with Gasteiger partial charge in [-0.15, -0.1) is 0 Å². The van der Waals surface area contributed by atoms with Crippen LogP contribution in [0, 0.1) is 0 Å². The quantitative estimate of drug-likeness (QED) is 0.909. The third-order valence-corrected chi connectivity index (χ3v) is 5.66. The predicted molar refractivity (Wildman–Crippen MR) is 81.9 cm³/mol. The van der Waals surface area contributed by atoms with Crippen molar-refractivity contribution in [2.75, 3.05) is 19.3 Å². The molecule has 1 N–H and O–H groups in total. The standard InChI is InChI=1S/C15H19NO5S/c1-22(20)15(13(17)18)7-9-16(10-8-15)14(19)21-11-12-5-3-2-4-6-12/h2-6H,7-11H2,1H3,(H,17,18). The lowest BCUT2D eigenvalue weighted by atomic mass is 9.96. The van der Waals surface area contributed by atoms with E-state index in [1.165, 1.54) is 11.2 Å². The Balaban J connectivity index is 1.89. The van der Waals surface area contributed by atoms with Gasteiger partial charge in [0.2, 0.25) is 0 Å². The molecule has 2 rings (SSSR count). The van der Waals surface area contributed by atoms with Crippen molar-refractivity contribution in [3.8, 4) is 0 Å². The number of carboxylic acid groups (broad SMARTS) is 1. The summed E-state index contributed by atoms with van der Waals surface area (Å²) in [6.45, 7) is 0.652. The van der Waals surface area contributed by atoms with Crippen molar-refractivity contribution < 1.29 is 23.6 Å². The molecule has 1 aliphatic rings. The van der Waals surface area contributed by atoms with Crippen molar-refractivity contribution >= 4 is 22.9 Å². The van der Waals surface area contributed by atoms with Gasteiger partial charge < -0.3 is 14.7 Å². The molecular weight excluding hydrogens is 306 g/mol. The highest BCUT2D eigenvalue weighted by Crippen LogP contribution is 2.28. The van der Waals surface area contributed by atoms with E-state index in [1.807, 2.05) is 30.3 Å². The van der Waals surface area contributed by atoms with Crippen molar-refractivity contribution in [2.24, 2.45) is 0 Å². The summed E-state index contributed by atoms with van der Waals surface area (Å²) in [7, 11) is -1.48. The summed E-state index contributed by atoms with van der Waals surface area (Å²) >= 11 is 0. The zero-order valence-corrected chi connectivity index (χ0v) is 13.2. The molecule has 0 saturated carbocycles. The van der Waals surface area contributed by atoms with Crippen molar-refractivity contribution in [2.45, 2.75) is 24.2 Å². The number of carbonyl (C=O) groups is 2. The summed E-state index contributed by atoms with van der Waals surface area (Å²) < 4.78 is 15.7. The van der Waals surface area contributed by atoms with Crippen molar-refractivity contribution in [3.63, 3.8) is 0 Å². The number of piperidine rings is 1. The maximum atomic E-state index is 12.0. The Morgan fingerprint density at radius 1 is 1.27 bits per heavy atom. The van der Waals surface area contributed by atoms with Crippen LogP contribution < -0.4 is 0 Å². The van der Waals surface area contributed by atoms with Crippen molar-refractivity contribution in [3.05, 3.63) is 35.9 Å². The molecule has 1 aliphatic heterocycles. The summed E-state index contributed by atoms with van der Waals surface area (Å²) in [5, 5.41) is 9.31. The highest BCUT2D eigenvalue weighted by molar-refractivity contribution is 7.86. The van der Waals surface area contributed by atoms with Gasteiger partial charge in [0.25, 0.3) is 0 Å². The largest absolute Gasteiger partial charge is 0.480 e. The Labute approximate surface area is 131 Å². The molecule has 1 saturated heterocycles. The smallest absolute Gasteiger partial charge is 0.410 e. The molecule has 7 heteroatoms. The zero-order valence-electron chi connectivity index (χ0n) is 12.4. The molecular formula is C15H19NO5S. The second-order valence-corrected chi connectivity index (χ2v) is 6.97. The fourth-order valence-corrected chi connectivity index (χ4v) is 3.49. The first-order chi connectivity index (χ1) is 10.5. The lowest BCUT2D eigenvalue weighted by molar-refractivity contribution is -0.141. The first-order valence-corrected chi connectivity index (χ1v) is 8.54. The molecule has 0 aliphatic carbocycles. The monoisotopic (exact) mass is 325 g/mol. The number of nitrogens with zero attached hydrogens (tertiary/aromatic N) is 1. The van der Waals surface area contributed by atoms with Gasteiger partial charge in [-0.1, -0.05) is 30.3 Å². The fourth-order valence-electron chi connectivity index (χ4n) is 2.49. The molecule has 1 amide bonds. The van der Waals surface area contributed by atoms with Crippen molar-refractivity contribution in [1.29, 1.82) is 0 Å². The number of benzene rings is 1. The van der Waals surface area contributed by atoms with Crippen LogP contribution in [0.25, 0.3) is 0 Å². The third-order valence-electron chi connectivity index (χ3n) is 3.97. The van der Waals surface area contributed by atoms with Crippen LogP contribution in [0.15, 0.2) is 30.3 Å². The molecule has 22 heavy (non-hydrogen) atoms. The minimum absolute atomic E-state index is 0.173. The van der Waals surface area contributed by atoms with Crippen LogP contribution in [0.4, 0.5) is 4.79 Å². The SMILES string of the molecule is CS(=O)C1(C(=O)O)CCN(C(=O)OCc2ccccc2)CC1. The maximum absolute atomic E-state index is 12.0. The summed E-state index contributed by atoms with van der Waals surface area (Å²) in [6, 6.07) is 9.33. The van der Waals surface area contributed by atoms with E-state index in [1.54, 1.807) is 0 Å². The van der Waals surface area contributed by atoms with Crippen LogP contribution in [0.5, 0.6) is 0 Å². The molecule has 1 aromatic carbocycles. The second kappa shape index (κ2) is 6.91. The number of aliphatic carboxylic acids is 1. The molecule has 1 fully saturated rings. The Hall–Kier alpha value is -1.89. The Morgan fingerprint density at radius 3 is 2.36 bits per heavy atom. The van der Waals surface area contributed by atoms with Gasteiger partial charge in [-0.05, 0) is 18.4 Å². The van der Waals surface area contributed by atoms with Crippen LogP contribution in [-0.4, -0.2) is 50.4 Å². The summed E-state index contributed by atoms with van der Waals surface area (Å²) in [5.74, 6) is -1.06. The van der Waals surface area contributed by atoms with E-state index in [4.69, 9.17) is 4.74 Å². The minimum atomic E-state index is -1.48. The number of ether oxygens (including phenoxy) is 1. The molecule has 0 radical (unpaired) electrons. The van der Waals surface area contributed by atoms with Gasteiger partial charge in [-0.3, -0.25) is 9.00 Å². The van der Waals surface area contributed by atoms with Gasteiger partial charge in [0.05, 0.1) is 0 Å². The molecule has 0 aromatic heterocycles. The number of rotatable bonds is 4. The number of carboxylic acids is 1. The van der Waals surface area contributed by atoms with Gasteiger partial charge >= 0.3 is 12.1 Å². The van der Waals surface area contributed by atoms with Crippen molar-refractivity contribution in [1.82, 2.24) is 4.90 Å². The van der Waals surface area contributed by atoms with Gasteiger partial charge in [0.15, 0.2) is 0 Å². The number of hydrogen-bond acceptors (Lipinski definition) is 4. The number of hydrogen-bond donors (Lipinski definition) is 1. The first-order valence-electron chi connectivity index (χ1n) is 6.98. The van der Waals surface area contributed by atoms with E-state index in [2.05, 4.69) is 0 Å². The molecule has 1 aromatic rings. The van der Waals surface area contributed by atoms with E-state index in [9.17, 15) is 18.9 Å². The van der Waals surface area contributed by atoms with Crippen LogP contribution in [0.1, 0.15) is 18.4 Å². The predicted octanol–water partition coefficient (Wildman–Crippen LogP) is 1.62. The van der Waals surface area contributed by atoms with E-state index >= 15 is 0 Å². The number of likely N-dealkylation sites (tertiary alicyclic amines) is 1. The summed E-state index contributed by atoms with van der Waals surface area (Å²) in [6.07, 6.45) is 1.28. The van der Waals surface area contributed by atoms with Gasteiger partial charge in [0.1, 0.15) is 11.4 Å². The topological polar surface area (TPSA) is 83.9 Å². The summed E-state index contributed by atoms with van der Waals surface area (Å²) in [4.78, 5) is 24.8. The first kappa shape index (κ1) is 16.5. The van der Waals surface area contributed by atoms with Gasteiger partial charge in [-0.2, -0.15) is 0 Å². The van der Waals surface area contributed by atoms with Crippen LogP contribution in [0.3, 0.4) is 0 Å². The lowest BCUT2D eigenvalue weighted by Crippen LogP contribution is -2.53. The van der Waals surface area contributed by atoms with E-state index in [0.29, 0.717) is 0 Å². The third kappa shape index (κ3) is 3.47. The molecule has 0 bridgehead atoms.